The molecule has 0 amide bonds. The van der Waals surface area contributed by atoms with E-state index >= 15 is 0 Å². The van der Waals surface area contributed by atoms with Gasteiger partial charge in [-0.15, -0.1) is 0 Å². The summed E-state index contributed by atoms with van der Waals surface area (Å²) < 4.78 is 21.8. The normalized spacial score (nSPS) is 13.5. The van der Waals surface area contributed by atoms with Gasteiger partial charge in [-0.25, -0.2) is 13.5 Å². The lowest BCUT2D eigenvalue weighted by molar-refractivity contribution is 0.213. The molecule has 0 unspecified atom stereocenters. The quantitative estimate of drug-likeness (QED) is 0.647. The lowest BCUT2D eigenvalue weighted by Crippen LogP contribution is -2.34. The van der Waals surface area contributed by atoms with E-state index in [9.17, 15) is 13.5 Å². The summed E-state index contributed by atoms with van der Waals surface area (Å²) in [6.45, 7) is 4.57. The molecule has 0 aromatic heterocycles. The van der Waals surface area contributed by atoms with E-state index in [0.29, 0.717) is 6.42 Å². The van der Waals surface area contributed by atoms with Crippen molar-refractivity contribution in [2.75, 3.05) is 12.4 Å². The van der Waals surface area contributed by atoms with Crippen LogP contribution >= 0.6 is 0 Å². The van der Waals surface area contributed by atoms with Gasteiger partial charge in [0.1, 0.15) is 0 Å². The fourth-order valence-electron chi connectivity index (χ4n) is 0.606. The van der Waals surface area contributed by atoms with Crippen molar-refractivity contribution < 1.29 is 13.5 Å². The Morgan fingerprint density at radius 1 is 1.27 bits per heavy atom. The zero-order chi connectivity index (χ0) is 9.12. The van der Waals surface area contributed by atoms with Gasteiger partial charge in [-0.2, -0.15) is 0 Å². The molecule has 1 radical (unpaired) electrons. The molecule has 0 rings (SSSR count). The highest BCUT2D eigenvalue weighted by Gasteiger charge is 2.31. The summed E-state index contributed by atoms with van der Waals surface area (Å²) in [6.07, 6.45) is 0.551. The lowest BCUT2D eigenvalue weighted by Gasteiger charge is -2.21. The summed E-state index contributed by atoms with van der Waals surface area (Å²) in [7, 11) is -3.17. The van der Waals surface area contributed by atoms with Crippen LogP contribution in [0.1, 0.15) is 27.2 Å². The average Bonchev–Trinajstić information content (AvgIpc) is 1.87. The van der Waals surface area contributed by atoms with Crippen LogP contribution in [0.15, 0.2) is 0 Å². The number of rotatable bonds is 4. The fraction of sp³-hybridized carbons (Fsp3) is 1.00. The highest BCUT2D eigenvalue weighted by molar-refractivity contribution is 7.92. The van der Waals surface area contributed by atoms with Crippen molar-refractivity contribution in [3.05, 3.63) is 0 Å². The summed E-state index contributed by atoms with van der Waals surface area (Å²) in [4.78, 5) is 0. The molecular weight excluding hydrogens is 164 g/mol. The van der Waals surface area contributed by atoms with Crippen molar-refractivity contribution in [1.29, 1.82) is 0 Å². The Morgan fingerprint density at radius 2 is 1.73 bits per heavy atom. The predicted octanol–water partition coefficient (Wildman–Crippen LogP) is 1.02. The fourth-order valence-corrected chi connectivity index (χ4v) is 1.82. The summed E-state index contributed by atoms with van der Waals surface area (Å²) >= 11 is 0. The third kappa shape index (κ3) is 2.45. The van der Waals surface area contributed by atoms with Gasteiger partial charge in [-0.3, -0.25) is 0 Å². The first-order valence-electron chi connectivity index (χ1n) is 3.68. The van der Waals surface area contributed by atoms with Crippen LogP contribution in [-0.2, 0) is 14.9 Å². The molecule has 0 bridgehead atoms. The monoisotopic (exact) mass is 179 g/mol. The van der Waals surface area contributed by atoms with Gasteiger partial charge in [-0.05, 0) is 20.3 Å². The first kappa shape index (κ1) is 10.9. The molecule has 0 N–H and O–H groups in total. The molecular formula is C7H15O3S. The maximum Gasteiger partial charge on any atom is 0.157 e. The maximum absolute atomic E-state index is 11.3. The van der Waals surface area contributed by atoms with Crippen molar-refractivity contribution in [1.82, 2.24) is 0 Å². The Hall–Kier alpha value is -0.0900. The zero-order valence-electron chi connectivity index (χ0n) is 7.25. The minimum Gasteiger partial charge on any atom is -0.236 e. The van der Waals surface area contributed by atoms with Gasteiger partial charge in [0.2, 0.25) is 0 Å². The Kier molecular flexibility index (Phi) is 3.51. The van der Waals surface area contributed by atoms with Crippen LogP contribution in [0.5, 0.6) is 0 Å². The van der Waals surface area contributed by atoms with Crippen molar-refractivity contribution in [3.63, 3.8) is 0 Å². The first-order chi connectivity index (χ1) is 4.87. The average molecular weight is 179 g/mol. The highest BCUT2D eigenvalue weighted by Crippen LogP contribution is 2.20. The summed E-state index contributed by atoms with van der Waals surface area (Å²) in [5, 5.41) is 10.1. The van der Waals surface area contributed by atoms with Gasteiger partial charge in [0.05, 0.1) is 17.1 Å². The van der Waals surface area contributed by atoms with Crippen molar-refractivity contribution in [2.45, 2.75) is 31.9 Å². The lowest BCUT2D eigenvalue weighted by atomic mass is 10.1. The van der Waals surface area contributed by atoms with Gasteiger partial charge >= 0.3 is 0 Å². The second kappa shape index (κ2) is 3.54. The van der Waals surface area contributed by atoms with E-state index in [1.807, 2.05) is 6.92 Å². The Balaban J connectivity index is 4.55. The largest absolute Gasteiger partial charge is 0.236 e. The Labute approximate surface area is 68.3 Å². The Morgan fingerprint density at radius 3 is 2.00 bits per heavy atom. The third-order valence-corrected chi connectivity index (χ3v) is 4.72. The van der Waals surface area contributed by atoms with Crippen molar-refractivity contribution in [2.24, 2.45) is 0 Å². The molecule has 0 saturated carbocycles. The van der Waals surface area contributed by atoms with E-state index < -0.39 is 21.2 Å². The smallest absolute Gasteiger partial charge is 0.157 e. The molecule has 0 aliphatic heterocycles. The van der Waals surface area contributed by atoms with Crippen LogP contribution in [-0.4, -0.2) is 25.5 Å². The van der Waals surface area contributed by atoms with E-state index in [1.165, 1.54) is 0 Å². The van der Waals surface area contributed by atoms with Gasteiger partial charge in [0.15, 0.2) is 9.84 Å². The van der Waals surface area contributed by atoms with Crippen LogP contribution in [0, 0.1) is 0 Å². The van der Waals surface area contributed by atoms with Crippen LogP contribution in [0.3, 0.4) is 0 Å². The molecule has 67 valence electrons. The SMILES string of the molecule is CCC(C)(C)S(=O)(=O)CC[O]. The topological polar surface area (TPSA) is 54.0 Å². The third-order valence-electron chi connectivity index (χ3n) is 2.05. The predicted molar refractivity (Wildman–Crippen MR) is 43.7 cm³/mol. The van der Waals surface area contributed by atoms with Crippen molar-refractivity contribution >= 4 is 9.84 Å². The molecule has 4 heteroatoms. The minimum atomic E-state index is -3.17. The zero-order valence-corrected chi connectivity index (χ0v) is 8.07. The molecule has 3 nitrogen and oxygen atoms in total. The van der Waals surface area contributed by atoms with E-state index in [1.54, 1.807) is 13.8 Å². The summed E-state index contributed by atoms with van der Waals surface area (Å²) in [5.74, 6) is -0.242. The van der Waals surface area contributed by atoms with E-state index in [-0.39, 0.29) is 5.75 Å². The number of hydrogen-bond donors (Lipinski definition) is 0. The molecule has 11 heavy (non-hydrogen) atoms. The van der Waals surface area contributed by atoms with Gasteiger partial charge in [-0.1, -0.05) is 6.92 Å². The molecule has 0 saturated heterocycles. The molecule has 0 heterocycles. The van der Waals surface area contributed by atoms with Crippen molar-refractivity contribution in [3.8, 4) is 0 Å². The minimum absolute atomic E-state index is 0.242. The molecule has 0 aliphatic carbocycles. The van der Waals surface area contributed by atoms with Gasteiger partial charge in [0.25, 0.3) is 0 Å². The molecule has 0 atom stereocenters. The van der Waals surface area contributed by atoms with Crippen LogP contribution < -0.4 is 0 Å². The molecule has 0 spiro atoms. The van der Waals surface area contributed by atoms with Gasteiger partial charge in [0, 0.05) is 0 Å². The summed E-state index contributed by atoms with van der Waals surface area (Å²) in [6, 6.07) is 0. The molecule has 0 fully saturated rings. The van der Waals surface area contributed by atoms with Gasteiger partial charge < -0.3 is 0 Å². The number of sulfone groups is 1. The Bertz CT molecular complexity index is 204. The highest BCUT2D eigenvalue weighted by atomic mass is 32.2. The molecule has 0 aliphatic rings. The van der Waals surface area contributed by atoms with E-state index in [2.05, 4.69) is 0 Å². The second-order valence-corrected chi connectivity index (χ2v) is 5.88. The molecule has 0 aromatic carbocycles. The maximum atomic E-state index is 11.3. The van der Waals surface area contributed by atoms with Crippen LogP contribution in [0.4, 0.5) is 0 Å². The standard InChI is InChI=1S/C7H15O3S/c1-4-7(2,3)11(9,10)6-5-8/h4-6H2,1-3H3. The van der Waals surface area contributed by atoms with E-state index in [0.717, 1.165) is 0 Å². The van der Waals surface area contributed by atoms with Crippen LogP contribution in [0.2, 0.25) is 0 Å². The summed E-state index contributed by atoms with van der Waals surface area (Å²) in [5.41, 5.74) is 0. The van der Waals surface area contributed by atoms with E-state index in [4.69, 9.17) is 0 Å². The first-order valence-corrected chi connectivity index (χ1v) is 5.33. The second-order valence-electron chi connectivity index (χ2n) is 3.14. The van der Waals surface area contributed by atoms with Crippen LogP contribution in [0.25, 0.3) is 0 Å². The molecule has 0 aromatic rings. The number of hydrogen-bond acceptors (Lipinski definition) is 2.